The second-order valence-corrected chi connectivity index (χ2v) is 7.78. The van der Waals surface area contributed by atoms with E-state index in [-0.39, 0.29) is 5.41 Å². The fourth-order valence-corrected chi connectivity index (χ4v) is 3.77. The number of aryl methyl sites for hydroxylation is 1. The molecule has 0 saturated carbocycles. The van der Waals surface area contributed by atoms with E-state index in [1.807, 2.05) is 0 Å². The zero-order chi connectivity index (χ0) is 20.7. The Morgan fingerprint density at radius 1 is 1.07 bits per heavy atom. The summed E-state index contributed by atoms with van der Waals surface area (Å²) in [5.41, 5.74) is 10.4. The van der Waals surface area contributed by atoms with Crippen molar-refractivity contribution in [3.8, 4) is 5.75 Å². The SMILES string of the molecule is CCN(CC)c1ccc(/C=C/CC(C)(CC)c2cc(C)ccc2[NH3+])c(OC)c1. The van der Waals surface area contributed by atoms with Crippen molar-refractivity contribution in [1.29, 1.82) is 0 Å². The van der Waals surface area contributed by atoms with Crippen LogP contribution in [-0.2, 0) is 5.41 Å². The molecule has 0 heterocycles. The third-order valence-electron chi connectivity index (χ3n) is 5.91. The summed E-state index contributed by atoms with van der Waals surface area (Å²) in [5.74, 6) is 0.923. The van der Waals surface area contributed by atoms with Gasteiger partial charge in [0, 0.05) is 41.4 Å². The van der Waals surface area contributed by atoms with E-state index < -0.39 is 0 Å². The molecule has 2 aromatic carbocycles. The first-order chi connectivity index (χ1) is 13.4. The Balaban J connectivity index is 2.26. The van der Waals surface area contributed by atoms with Crippen molar-refractivity contribution in [1.82, 2.24) is 0 Å². The number of nitrogens with zero attached hydrogens (tertiary/aromatic N) is 1. The van der Waals surface area contributed by atoms with E-state index in [4.69, 9.17) is 4.74 Å². The maximum atomic E-state index is 5.67. The number of hydrogen-bond acceptors (Lipinski definition) is 2. The van der Waals surface area contributed by atoms with Gasteiger partial charge in [-0.3, -0.25) is 0 Å². The van der Waals surface area contributed by atoms with Crippen LogP contribution in [0, 0.1) is 6.92 Å². The molecule has 3 nitrogen and oxygen atoms in total. The number of rotatable bonds is 9. The zero-order valence-electron chi connectivity index (χ0n) is 18.5. The van der Waals surface area contributed by atoms with Crippen LogP contribution in [0.4, 0.5) is 11.4 Å². The highest BCUT2D eigenvalue weighted by Gasteiger charge is 2.27. The first-order valence-corrected chi connectivity index (χ1v) is 10.4. The van der Waals surface area contributed by atoms with E-state index in [1.165, 1.54) is 16.8 Å². The van der Waals surface area contributed by atoms with Gasteiger partial charge in [-0.15, -0.1) is 0 Å². The summed E-state index contributed by atoms with van der Waals surface area (Å²) in [4.78, 5) is 2.33. The molecule has 152 valence electrons. The molecular formula is C25H37N2O+. The summed E-state index contributed by atoms with van der Waals surface area (Å²) in [6.07, 6.45) is 6.51. The molecule has 0 aliphatic heterocycles. The minimum atomic E-state index is 0.0774. The van der Waals surface area contributed by atoms with E-state index in [9.17, 15) is 0 Å². The van der Waals surface area contributed by atoms with Gasteiger partial charge in [0.05, 0.1) is 7.11 Å². The molecule has 0 aromatic heterocycles. The lowest BCUT2D eigenvalue weighted by atomic mass is 9.76. The minimum Gasteiger partial charge on any atom is -0.496 e. The minimum absolute atomic E-state index is 0.0774. The van der Waals surface area contributed by atoms with Crippen LogP contribution in [0.5, 0.6) is 5.75 Å². The van der Waals surface area contributed by atoms with Gasteiger partial charge in [-0.25, -0.2) is 0 Å². The Bertz CT molecular complexity index is 808. The summed E-state index contributed by atoms with van der Waals surface area (Å²) in [6.45, 7) is 13.1. The molecule has 3 N–H and O–H groups in total. The van der Waals surface area contributed by atoms with Gasteiger partial charge >= 0.3 is 0 Å². The van der Waals surface area contributed by atoms with Crippen molar-refractivity contribution in [2.24, 2.45) is 0 Å². The molecular weight excluding hydrogens is 344 g/mol. The van der Waals surface area contributed by atoms with Gasteiger partial charge in [-0.1, -0.05) is 37.6 Å². The molecule has 2 rings (SSSR count). The predicted molar refractivity (Wildman–Crippen MR) is 122 cm³/mol. The van der Waals surface area contributed by atoms with Gasteiger partial charge < -0.3 is 15.4 Å². The van der Waals surface area contributed by atoms with Gasteiger partial charge in [0.1, 0.15) is 11.4 Å². The number of hydrogen-bond donors (Lipinski definition) is 1. The Labute approximate surface area is 171 Å². The summed E-state index contributed by atoms with van der Waals surface area (Å²) >= 11 is 0. The molecule has 0 saturated heterocycles. The average Bonchev–Trinajstić information content (AvgIpc) is 2.71. The van der Waals surface area contributed by atoms with E-state index >= 15 is 0 Å². The smallest absolute Gasteiger partial charge is 0.131 e. The van der Waals surface area contributed by atoms with Gasteiger partial charge in [0.15, 0.2) is 0 Å². The van der Waals surface area contributed by atoms with E-state index in [2.05, 4.69) is 93.8 Å². The van der Waals surface area contributed by atoms with E-state index in [0.29, 0.717) is 0 Å². The molecule has 3 heteroatoms. The third-order valence-corrected chi connectivity index (χ3v) is 5.91. The molecule has 0 aliphatic carbocycles. The Morgan fingerprint density at radius 2 is 1.79 bits per heavy atom. The molecule has 1 unspecified atom stereocenters. The number of allylic oxidation sites excluding steroid dienone is 1. The highest BCUT2D eigenvalue weighted by molar-refractivity contribution is 5.64. The quantitative estimate of drug-likeness (QED) is 0.623. The maximum Gasteiger partial charge on any atom is 0.131 e. The standard InChI is InChI=1S/C25H36N2O/c1-7-25(5,22-17-19(4)12-15-23(22)26)16-10-11-20-13-14-21(18-24(20)28-6)27(8-2)9-3/h10-15,17-18H,7-9,16,26H2,1-6H3/p+1/b11-10+. The summed E-state index contributed by atoms with van der Waals surface area (Å²) in [6, 6.07) is 13.0. The molecule has 0 spiro atoms. The second-order valence-electron chi connectivity index (χ2n) is 7.78. The topological polar surface area (TPSA) is 40.1 Å². The number of benzene rings is 2. The third kappa shape index (κ3) is 4.96. The maximum absolute atomic E-state index is 5.67. The molecule has 1 atom stereocenters. The predicted octanol–water partition coefficient (Wildman–Crippen LogP) is 5.49. The number of ether oxygens (including phenoxy) is 1. The van der Waals surface area contributed by atoms with Gasteiger partial charge in [-0.05, 0) is 57.9 Å². The molecule has 0 aliphatic rings. The Kier molecular flexibility index (Phi) is 7.70. The van der Waals surface area contributed by atoms with Crippen molar-refractivity contribution in [3.63, 3.8) is 0 Å². The fraction of sp³-hybridized carbons (Fsp3) is 0.440. The van der Waals surface area contributed by atoms with Gasteiger partial charge in [-0.2, -0.15) is 0 Å². The monoisotopic (exact) mass is 381 g/mol. The molecule has 28 heavy (non-hydrogen) atoms. The van der Waals surface area contributed by atoms with Gasteiger partial charge in [0.2, 0.25) is 0 Å². The summed E-state index contributed by atoms with van der Waals surface area (Å²) in [5, 5.41) is 0. The van der Waals surface area contributed by atoms with Crippen molar-refractivity contribution >= 4 is 17.5 Å². The van der Waals surface area contributed by atoms with Crippen molar-refractivity contribution in [3.05, 3.63) is 59.2 Å². The first-order valence-electron chi connectivity index (χ1n) is 10.4. The lowest BCUT2D eigenvalue weighted by Crippen LogP contribution is -2.43. The largest absolute Gasteiger partial charge is 0.496 e. The van der Waals surface area contributed by atoms with Crippen LogP contribution < -0.4 is 15.4 Å². The van der Waals surface area contributed by atoms with Crippen LogP contribution in [0.3, 0.4) is 0 Å². The summed E-state index contributed by atoms with van der Waals surface area (Å²) in [7, 11) is 1.75. The zero-order valence-corrected chi connectivity index (χ0v) is 18.5. The van der Waals surface area contributed by atoms with E-state index in [1.54, 1.807) is 7.11 Å². The van der Waals surface area contributed by atoms with Crippen molar-refractivity contribution in [2.75, 3.05) is 25.1 Å². The molecule has 0 radical (unpaired) electrons. The lowest BCUT2D eigenvalue weighted by molar-refractivity contribution is -0.256. The van der Waals surface area contributed by atoms with Crippen molar-refractivity contribution < 1.29 is 10.5 Å². The van der Waals surface area contributed by atoms with Crippen LogP contribution in [0.25, 0.3) is 6.08 Å². The highest BCUT2D eigenvalue weighted by Crippen LogP contribution is 2.36. The first kappa shape index (κ1) is 22.0. The van der Waals surface area contributed by atoms with Gasteiger partial charge in [0.25, 0.3) is 0 Å². The highest BCUT2D eigenvalue weighted by atomic mass is 16.5. The second kappa shape index (κ2) is 9.79. The van der Waals surface area contributed by atoms with Crippen LogP contribution >= 0.6 is 0 Å². The molecule has 0 bridgehead atoms. The molecule has 0 fully saturated rings. The molecule has 0 amide bonds. The number of quaternary nitrogens is 1. The fourth-order valence-electron chi connectivity index (χ4n) is 3.77. The van der Waals surface area contributed by atoms with Crippen LogP contribution in [0.2, 0.25) is 0 Å². The average molecular weight is 382 g/mol. The van der Waals surface area contributed by atoms with E-state index in [0.717, 1.165) is 42.9 Å². The lowest BCUT2D eigenvalue weighted by Gasteiger charge is -2.28. The number of anilines is 1. The Morgan fingerprint density at radius 3 is 2.39 bits per heavy atom. The Hall–Kier alpha value is -2.26. The van der Waals surface area contributed by atoms with Crippen LogP contribution in [0.15, 0.2) is 42.5 Å². The molecule has 2 aromatic rings. The normalized spacial score (nSPS) is 13.5. The van der Waals surface area contributed by atoms with Crippen LogP contribution in [-0.4, -0.2) is 20.2 Å². The summed E-state index contributed by atoms with van der Waals surface area (Å²) < 4.78 is 5.67. The number of methoxy groups -OCH3 is 1. The van der Waals surface area contributed by atoms with Crippen LogP contribution in [0.1, 0.15) is 57.2 Å². The van der Waals surface area contributed by atoms with Crippen molar-refractivity contribution in [2.45, 2.75) is 52.9 Å².